The van der Waals surface area contributed by atoms with E-state index in [1.54, 1.807) is 0 Å². The number of carbonyl (C=O) groups excluding carboxylic acids is 4. The molecule has 0 N–H and O–H groups in total. The van der Waals surface area contributed by atoms with Crippen LogP contribution in [-0.2, 0) is 28.7 Å². The average Bonchev–Trinajstić information content (AvgIpc) is 3.07. The Morgan fingerprint density at radius 1 is 0.800 bits per heavy atom. The van der Waals surface area contributed by atoms with Crippen LogP contribution in [0, 0.1) is 35.5 Å². The zero-order chi connectivity index (χ0) is 17.7. The van der Waals surface area contributed by atoms with E-state index in [0.29, 0.717) is 12.8 Å². The van der Waals surface area contributed by atoms with Crippen molar-refractivity contribution in [3.63, 3.8) is 0 Å². The average molecular weight is 344 g/mol. The number of carbonyl (C=O) groups is 4. The zero-order valence-electron chi connectivity index (χ0n) is 14.0. The molecule has 6 atom stereocenters. The maximum atomic E-state index is 11.3. The lowest BCUT2D eigenvalue weighted by Crippen LogP contribution is -2.38. The second-order valence-corrected chi connectivity index (χ2v) is 7.53. The van der Waals surface area contributed by atoms with Crippen LogP contribution in [0.25, 0.3) is 0 Å². The lowest BCUT2D eigenvalue weighted by Gasteiger charge is -2.37. The molecule has 2 bridgehead atoms. The Morgan fingerprint density at radius 2 is 1.32 bits per heavy atom. The van der Waals surface area contributed by atoms with Crippen molar-refractivity contribution in [3.05, 3.63) is 23.8 Å². The van der Waals surface area contributed by atoms with Gasteiger partial charge in [0.15, 0.2) is 0 Å². The van der Waals surface area contributed by atoms with Crippen molar-refractivity contribution in [1.29, 1.82) is 0 Å². The fraction of sp³-hybridized carbons (Fsp3) is 0.579. The molecule has 6 unspecified atom stereocenters. The minimum Gasteiger partial charge on any atom is -0.393 e. The maximum Gasteiger partial charge on any atom is 0.318 e. The first-order valence-electron chi connectivity index (χ1n) is 8.80. The first-order valence-corrected chi connectivity index (χ1v) is 8.80. The number of allylic oxidation sites excluding steroid dienone is 4. The third kappa shape index (κ3) is 2.64. The molecule has 0 aromatic heterocycles. The molecule has 25 heavy (non-hydrogen) atoms. The summed E-state index contributed by atoms with van der Waals surface area (Å²) in [6.45, 7) is 1.98. The predicted octanol–water partition coefficient (Wildman–Crippen LogP) is 1.94. The molecule has 0 spiro atoms. The molecule has 2 heterocycles. The highest BCUT2D eigenvalue weighted by molar-refractivity contribution is 5.98. The van der Waals surface area contributed by atoms with E-state index < -0.39 is 0 Å². The number of hydrogen-bond acceptors (Lipinski definition) is 6. The van der Waals surface area contributed by atoms with Crippen LogP contribution in [0.2, 0.25) is 0 Å². The molecule has 4 aliphatic carbocycles. The number of rotatable bonds is 0. The molecule has 3 fully saturated rings. The van der Waals surface area contributed by atoms with Crippen molar-refractivity contribution in [2.24, 2.45) is 35.5 Å². The Kier molecular flexibility index (Phi) is 3.85. The lowest BCUT2D eigenvalue weighted by molar-refractivity contribution is -0.155. The van der Waals surface area contributed by atoms with Crippen molar-refractivity contribution < 1.29 is 28.7 Å². The Hall–Kier alpha value is -2.24. The van der Waals surface area contributed by atoms with Gasteiger partial charge in [-0.2, -0.15) is 0 Å². The molecule has 0 radical (unpaired) electrons. The smallest absolute Gasteiger partial charge is 0.318 e. The van der Waals surface area contributed by atoms with Crippen LogP contribution in [0.15, 0.2) is 23.8 Å². The fourth-order valence-electron chi connectivity index (χ4n) is 4.70. The first-order chi connectivity index (χ1) is 12.0. The van der Waals surface area contributed by atoms with Gasteiger partial charge in [-0.25, -0.2) is 0 Å². The summed E-state index contributed by atoms with van der Waals surface area (Å²) in [5, 5.41) is 0. The van der Waals surface area contributed by atoms with Crippen molar-refractivity contribution >= 4 is 23.9 Å². The molecule has 6 heteroatoms. The SMILES string of the molecule is CC1=CCC2C(=O)OC(=O)C2C1.O=C1OC(=O)C2C3C=CC(CC3)C12. The van der Waals surface area contributed by atoms with Crippen LogP contribution in [-0.4, -0.2) is 23.9 Å². The Labute approximate surface area is 145 Å². The van der Waals surface area contributed by atoms with Gasteiger partial charge in [0.1, 0.15) is 0 Å². The molecule has 2 saturated heterocycles. The van der Waals surface area contributed by atoms with Gasteiger partial charge >= 0.3 is 23.9 Å². The van der Waals surface area contributed by atoms with Gasteiger partial charge < -0.3 is 9.47 Å². The molecular formula is C19H20O6. The molecule has 1 saturated carbocycles. The predicted molar refractivity (Wildman–Crippen MR) is 84.5 cm³/mol. The van der Waals surface area contributed by atoms with Crippen LogP contribution in [0.5, 0.6) is 0 Å². The summed E-state index contributed by atoms with van der Waals surface area (Å²) in [5.41, 5.74) is 1.18. The first kappa shape index (κ1) is 16.2. The molecule has 132 valence electrons. The van der Waals surface area contributed by atoms with Gasteiger partial charge in [-0.3, -0.25) is 19.2 Å². The van der Waals surface area contributed by atoms with Gasteiger partial charge in [-0.1, -0.05) is 23.8 Å². The van der Waals surface area contributed by atoms with Gasteiger partial charge in [0.2, 0.25) is 0 Å². The normalized spacial score (nSPS) is 40.6. The number of hydrogen-bond donors (Lipinski definition) is 0. The third-order valence-electron chi connectivity index (χ3n) is 6.05. The summed E-state index contributed by atoms with van der Waals surface area (Å²) in [5.74, 6) is -1.45. The van der Waals surface area contributed by atoms with E-state index in [9.17, 15) is 19.2 Å². The van der Waals surface area contributed by atoms with Gasteiger partial charge in [0, 0.05) is 0 Å². The quantitative estimate of drug-likeness (QED) is 0.379. The molecule has 2 aliphatic heterocycles. The fourth-order valence-corrected chi connectivity index (χ4v) is 4.70. The van der Waals surface area contributed by atoms with Gasteiger partial charge in [-0.05, 0) is 44.4 Å². The summed E-state index contributed by atoms with van der Waals surface area (Å²) in [4.78, 5) is 44.8. The summed E-state index contributed by atoms with van der Waals surface area (Å²) in [7, 11) is 0. The van der Waals surface area contributed by atoms with Crippen LogP contribution in [0.1, 0.15) is 32.6 Å². The van der Waals surface area contributed by atoms with Crippen molar-refractivity contribution in [2.75, 3.05) is 0 Å². The summed E-state index contributed by atoms with van der Waals surface area (Å²) in [6, 6.07) is 0. The summed E-state index contributed by atoms with van der Waals surface area (Å²) >= 11 is 0. The van der Waals surface area contributed by atoms with E-state index >= 15 is 0 Å². The minimum atomic E-state index is -0.339. The van der Waals surface area contributed by atoms with Gasteiger partial charge in [0.25, 0.3) is 0 Å². The van der Waals surface area contributed by atoms with E-state index in [-0.39, 0.29) is 59.4 Å². The molecule has 0 amide bonds. The van der Waals surface area contributed by atoms with Gasteiger partial charge in [0.05, 0.1) is 23.7 Å². The highest BCUT2D eigenvalue weighted by Crippen LogP contribution is 2.48. The molecule has 0 aromatic carbocycles. The zero-order valence-corrected chi connectivity index (χ0v) is 14.0. The Morgan fingerprint density at radius 3 is 1.88 bits per heavy atom. The number of cyclic esters (lactones) is 4. The molecule has 6 rings (SSSR count). The molecule has 6 nitrogen and oxygen atoms in total. The molecular weight excluding hydrogens is 324 g/mol. The summed E-state index contributed by atoms with van der Waals surface area (Å²) in [6.07, 6.45) is 9.59. The van der Waals surface area contributed by atoms with E-state index in [0.717, 1.165) is 12.8 Å². The van der Waals surface area contributed by atoms with Crippen LogP contribution in [0.3, 0.4) is 0 Å². The van der Waals surface area contributed by atoms with Crippen molar-refractivity contribution in [2.45, 2.75) is 32.6 Å². The second-order valence-electron chi connectivity index (χ2n) is 7.53. The van der Waals surface area contributed by atoms with Crippen LogP contribution in [0.4, 0.5) is 0 Å². The van der Waals surface area contributed by atoms with Crippen molar-refractivity contribution in [1.82, 2.24) is 0 Å². The van der Waals surface area contributed by atoms with E-state index in [1.165, 1.54) is 5.57 Å². The third-order valence-corrected chi connectivity index (χ3v) is 6.05. The van der Waals surface area contributed by atoms with E-state index in [2.05, 4.69) is 21.6 Å². The largest absolute Gasteiger partial charge is 0.393 e. The number of ether oxygens (including phenoxy) is 2. The molecule has 6 aliphatic rings. The number of esters is 4. The summed E-state index contributed by atoms with van der Waals surface area (Å²) < 4.78 is 9.22. The Bertz CT molecular complexity index is 687. The number of fused-ring (bicyclic) bond motifs is 2. The van der Waals surface area contributed by atoms with Crippen LogP contribution < -0.4 is 0 Å². The highest BCUT2D eigenvalue weighted by atomic mass is 16.6. The standard InChI is InChI=1S/C10H10O3.C9H10O3/c11-9-7-5-1-2-6(4-3-5)8(7)10(12)13-9;1-5-2-3-6-7(4-5)9(11)12-8(6)10/h1-2,5-8H,3-4H2;2,6-7H,3-4H2,1H3. The lowest BCUT2D eigenvalue weighted by atomic mass is 9.63. The maximum absolute atomic E-state index is 11.3. The van der Waals surface area contributed by atoms with E-state index in [1.807, 2.05) is 13.0 Å². The molecule has 0 aromatic rings. The van der Waals surface area contributed by atoms with Crippen molar-refractivity contribution in [3.8, 4) is 0 Å². The minimum absolute atomic E-state index is 0.156. The topological polar surface area (TPSA) is 86.7 Å². The van der Waals surface area contributed by atoms with Crippen LogP contribution >= 0.6 is 0 Å². The van der Waals surface area contributed by atoms with Gasteiger partial charge in [-0.15, -0.1) is 0 Å². The highest BCUT2D eigenvalue weighted by Gasteiger charge is 2.54. The second kappa shape index (κ2) is 5.93. The monoisotopic (exact) mass is 344 g/mol. The Balaban J connectivity index is 0.000000126. The van der Waals surface area contributed by atoms with E-state index in [4.69, 9.17) is 0 Å².